The maximum absolute atomic E-state index is 14.1. The molecule has 5 heteroatoms. The van der Waals surface area contributed by atoms with Crippen molar-refractivity contribution in [1.82, 2.24) is 0 Å². The van der Waals surface area contributed by atoms with Crippen molar-refractivity contribution in [3.8, 4) is 22.8 Å². The normalized spacial score (nSPS) is 10.9. The summed E-state index contributed by atoms with van der Waals surface area (Å²) in [5.41, 5.74) is 2.24. The van der Waals surface area contributed by atoms with Gasteiger partial charge in [-0.25, -0.2) is 4.39 Å². The zero-order valence-corrected chi connectivity index (χ0v) is 16.8. The molecule has 1 heterocycles. The van der Waals surface area contributed by atoms with Crippen LogP contribution in [0.4, 0.5) is 4.39 Å². The lowest BCUT2D eigenvalue weighted by atomic mass is 10.1. The van der Waals surface area contributed by atoms with Crippen LogP contribution in [0.15, 0.2) is 75.9 Å². The van der Waals surface area contributed by atoms with Crippen LogP contribution in [0.2, 0.25) is 0 Å². The number of aryl methyl sites for hydroxylation is 1. The van der Waals surface area contributed by atoms with Gasteiger partial charge in [0.25, 0.3) is 0 Å². The first-order valence-electron chi connectivity index (χ1n) is 9.71. The molecule has 0 aliphatic rings. The van der Waals surface area contributed by atoms with E-state index < -0.39 is 0 Å². The Balaban J connectivity index is 1.85. The Hall–Kier alpha value is -3.60. The number of benzene rings is 3. The largest absolute Gasteiger partial charge is 0.497 e. The molecule has 3 aromatic carbocycles. The summed E-state index contributed by atoms with van der Waals surface area (Å²) in [4.78, 5) is 13.3. The number of halogens is 1. The summed E-state index contributed by atoms with van der Waals surface area (Å²) >= 11 is 0. The standard InChI is InChI=1S/C25H21FO4/c1-3-16-8-13-22-20(14-16)23(27)25(29-15-18-6-4-5-7-21(18)26)24(30-22)17-9-11-19(28-2)12-10-17/h4-14H,3,15H2,1-2H3. The van der Waals surface area contributed by atoms with Gasteiger partial charge in [0.05, 0.1) is 12.5 Å². The second kappa shape index (κ2) is 8.41. The molecular weight excluding hydrogens is 383 g/mol. The molecule has 0 aliphatic heterocycles. The van der Waals surface area contributed by atoms with E-state index in [-0.39, 0.29) is 23.6 Å². The molecule has 0 amide bonds. The van der Waals surface area contributed by atoms with Crippen LogP contribution in [0.5, 0.6) is 11.5 Å². The van der Waals surface area contributed by atoms with Crippen molar-refractivity contribution in [3.05, 3.63) is 93.9 Å². The molecule has 152 valence electrons. The summed E-state index contributed by atoms with van der Waals surface area (Å²) in [5.74, 6) is 0.658. The van der Waals surface area contributed by atoms with Crippen LogP contribution < -0.4 is 14.9 Å². The Kier molecular flexibility index (Phi) is 5.53. The van der Waals surface area contributed by atoms with Gasteiger partial charge in [0.2, 0.25) is 11.2 Å². The molecule has 4 aromatic rings. The zero-order valence-electron chi connectivity index (χ0n) is 16.8. The van der Waals surface area contributed by atoms with E-state index in [2.05, 4.69) is 0 Å². The fourth-order valence-electron chi connectivity index (χ4n) is 3.27. The van der Waals surface area contributed by atoms with Crippen LogP contribution in [0.25, 0.3) is 22.3 Å². The van der Waals surface area contributed by atoms with Crippen molar-refractivity contribution in [3.63, 3.8) is 0 Å². The van der Waals surface area contributed by atoms with Gasteiger partial charge < -0.3 is 13.9 Å². The number of ether oxygens (including phenoxy) is 2. The molecule has 30 heavy (non-hydrogen) atoms. The summed E-state index contributed by atoms with van der Waals surface area (Å²) < 4.78 is 31.2. The van der Waals surface area contributed by atoms with Crippen LogP contribution in [0, 0.1) is 5.82 Å². The third kappa shape index (κ3) is 3.79. The first kappa shape index (κ1) is 19.7. The zero-order chi connectivity index (χ0) is 21.1. The van der Waals surface area contributed by atoms with E-state index in [0.29, 0.717) is 33.6 Å². The number of rotatable bonds is 6. The molecular formula is C25H21FO4. The van der Waals surface area contributed by atoms with Crippen LogP contribution in [0.1, 0.15) is 18.1 Å². The predicted molar refractivity (Wildman–Crippen MR) is 115 cm³/mol. The third-order valence-electron chi connectivity index (χ3n) is 5.00. The van der Waals surface area contributed by atoms with E-state index in [1.165, 1.54) is 6.07 Å². The molecule has 0 fully saturated rings. The molecule has 0 radical (unpaired) electrons. The molecule has 4 nitrogen and oxygen atoms in total. The summed E-state index contributed by atoms with van der Waals surface area (Å²) in [6, 6.07) is 19.0. The molecule has 0 atom stereocenters. The Bertz CT molecular complexity index is 1240. The highest BCUT2D eigenvalue weighted by molar-refractivity contribution is 5.82. The van der Waals surface area contributed by atoms with Crippen molar-refractivity contribution < 1.29 is 18.3 Å². The molecule has 0 bridgehead atoms. The lowest BCUT2D eigenvalue weighted by molar-refractivity contribution is 0.292. The fourth-order valence-corrected chi connectivity index (χ4v) is 3.27. The smallest absolute Gasteiger partial charge is 0.235 e. The van der Waals surface area contributed by atoms with Crippen LogP contribution in [0.3, 0.4) is 0 Å². The van der Waals surface area contributed by atoms with E-state index in [4.69, 9.17) is 13.9 Å². The average Bonchev–Trinajstić information content (AvgIpc) is 2.79. The summed E-state index contributed by atoms with van der Waals surface area (Å²) in [7, 11) is 1.58. The fraction of sp³-hybridized carbons (Fsp3) is 0.160. The molecule has 0 spiro atoms. The third-order valence-corrected chi connectivity index (χ3v) is 5.00. The summed E-state index contributed by atoms with van der Waals surface area (Å²) in [6.07, 6.45) is 0.793. The maximum Gasteiger partial charge on any atom is 0.235 e. The topological polar surface area (TPSA) is 48.7 Å². The van der Waals surface area contributed by atoms with Gasteiger partial charge in [-0.3, -0.25) is 4.79 Å². The van der Waals surface area contributed by atoms with Gasteiger partial charge in [0.15, 0.2) is 5.76 Å². The van der Waals surface area contributed by atoms with E-state index in [9.17, 15) is 9.18 Å². The van der Waals surface area contributed by atoms with E-state index in [1.54, 1.807) is 55.6 Å². The van der Waals surface area contributed by atoms with Crippen molar-refractivity contribution in [2.24, 2.45) is 0 Å². The van der Waals surface area contributed by atoms with Gasteiger partial charge in [0, 0.05) is 11.1 Å². The average molecular weight is 404 g/mol. The molecule has 1 aromatic heterocycles. The van der Waals surface area contributed by atoms with Crippen LogP contribution in [-0.4, -0.2) is 7.11 Å². The molecule has 0 unspecified atom stereocenters. The SMILES string of the molecule is CCc1ccc2oc(-c3ccc(OC)cc3)c(OCc3ccccc3F)c(=O)c2c1. The molecule has 0 saturated heterocycles. The summed E-state index contributed by atoms with van der Waals surface area (Å²) in [5, 5.41) is 0.440. The van der Waals surface area contributed by atoms with Crippen LogP contribution >= 0.6 is 0 Å². The van der Waals surface area contributed by atoms with Crippen LogP contribution in [-0.2, 0) is 13.0 Å². The van der Waals surface area contributed by atoms with Crippen molar-refractivity contribution >= 4 is 11.0 Å². The number of hydrogen-bond donors (Lipinski definition) is 0. The summed E-state index contributed by atoms with van der Waals surface area (Å²) in [6.45, 7) is 1.93. The van der Waals surface area contributed by atoms with Gasteiger partial charge in [-0.05, 0) is 54.4 Å². The Labute approximate surface area is 173 Å². The molecule has 4 rings (SSSR count). The Morgan fingerprint density at radius 1 is 1.00 bits per heavy atom. The quantitative estimate of drug-likeness (QED) is 0.411. The van der Waals surface area contributed by atoms with Crippen molar-refractivity contribution in [1.29, 1.82) is 0 Å². The first-order valence-corrected chi connectivity index (χ1v) is 9.71. The van der Waals surface area contributed by atoms with E-state index >= 15 is 0 Å². The predicted octanol–water partition coefficient (Wildman–Crippen LogP) is 5.75. The highest BCUT2D eigenvalue weighted by atomic mass is 19.1. The second-order valence-electron chi connectivity index (χ2n) is 6.88. The second-order valence-corrected chi connectivity index (χ2v) is 6.88. The monoisotopic (exact) mass is 404 g/mol. The highest BCUT2D eigenvalue weighted by Gasteiger charge is 2.19. The number of hydrogen-bond acceptors (Lipinski definition) is 4. The van der Waals surface area contributed by atoms with Gasteiger partial charge in [-0.15, -0.1) is 0 Å². The van der Waals surface area contributed by atoms with E-state index in [1.807, 2.05) is 19.1 Å². The highest BCUT2D eigenvalue weighted by Crippen LogP contribution is 2.33. The lowest BCUT2D eigenvalue weighted by Crippen LogP contribution is -2.11. The molecule has 0 aliphatic carbocycles. The Morgan fingerprint density at radius 3 is 2.47 bits per heavy atom. The van der Waals surface area contributed by atoms with Gasteiger partial charge in [-0.2, -0.15) is 0 Å². The molecule has 0 N–H and O–H groups in total. The first-order chi connectivity index (χ1) is 14.6. The van der Waals surface area contributed by atoms with E-state index in [0.717, 1.165) is 12.0 Å². The van der Waals surface area contributed by atoms with Gasteiger partial charge in [0.1, 0.15) is 23.8 Å². The Morgan fingerprint density at radius 2 is 1.77 bits per heavy atom. The van der Waals surface area contributed by atoms with Crippen molar-refractivity contribution in [2.45, 2.75) is 20.0 Å². The maximum atomic E-state index is 14.1. The van der Waals surface area contributed by atoms with Gasteiger partial charge in [-0.1, -0.05) is 31.2 Å². The number of methoxy groups -OCH3 is 1. The minimum absolute atomic E-state index is 0.0594. The molecule has 0 saturated carbocycles. The number of fused-ring (bicyclic) bond motifs is 1. The van der Waals surface area contributed by atoms with Crippen molar-refractivity contribution in [2.75, 3.05) is 7.11 Å². The minimum Gasteiger partial charge on any atom is -0.497 e. The van der Waals surface area contributed by atoms with Gasteiger partial charge >= 0.3 is 0 Å². The lowest BCUT2D eigenvalue weighted by Gasteiger charge is -2.13. The minimum atomic E-state index is -0.387.